The SMILES string of the molecule is O=C(CC(=O)c1ccccc1)c1ccccc1.O=C(CC(=O)c1ccccc1)c1ccccc1.O=C(CC(=O)c1ccccc1)c1ccccc1.OOc1ccnc2c1ccc1c(OO)ccnc12.[Eu]. The molecule has 12 nitrogen and oxygen atoms in total. The predicted octanol–water partition coefficient (Wildman–Crippen LogP) is 11.9. The van der Waals surface area contributed by atoms with Crippen molar-refractivity contribution < 1.29 is 98.4 Å². The average molecular weight is 1070 g/mol. The number of carbonyl (C=O) groups excluding carboxylic acids is 6. The van der Waals surface area contributed by atoms with Gasteiger partial charge in [0, 0.05) is 118 Å². The fraction of sp³-hybridized carbons (Fsp3) is 0.0526. The molecule has 0 unspecified atom stereocenters. The van der Waals surface area contributed by atoms with Gasteiger partial charge in [-0.1, -0.05) is 182 Å². The number of fused-ring (bicyclic) bond motifs is 3. The molecule has 0 atom stereocenters. The normalized spacial score (nSPS) is 9.97. The number of aromatic nitrogens is 2. The summed E-state index contributed by atoms with van der Waals surface area (Å²) in [6.45, 7) is 0. The minimum absolute atomic E-state index is 0. The number of ketones is 6. The van der Waals surface area contributed by atoms with Crippen molar-refractivity contribution in [1.29, 1.82) is 0 Å². The van der Waals surface area contributed by atoms with E-state index in [1.807, 2.05) is 36.4 Å². The molecule has 2 heterocycles. The van der Waals surface area contributed by atoms with Gasteiger partial charge in [0.05, 0.1) is 19.3 Å². The molecule has 0 aliphatic carbocycles. The fourth-order valence-corrected chi connectivity index (χ4v) is 6.73. The number of benzene rings is 7. The molecule has 349 valence electrons. The maximum atomic E-state index is 11.8. The molecule has 0 aliphatic rings. The van der Waals surface area contributed by atoms with E-state index in [2.05, 4.69) is 19.7 Å². The summed E-state index contributed by atoms with van der Waals surface area (Å²) in [7, 11) is 0. The van der Waals surface area contributed by atoms with E-state index in [9.17, 15) is 28.8 Å². The van der Waals surface area contributed by atoms with Crippen LogP contribution in [-0.2, 0) is 0 Å². The second-order valence-electron chi connectivity index (χ2n) is 14.9. The molecule has 2 aromatic heterocycles. The summed E-state index contributed by atoms with van der Waals surface area (Å²) in [5, 5.41) is 18.8. The molecular formula is C57H44EuN2O10. The topological polar surface area (TPSA) is 187 Å². The molecule has 0 amide bonds. The van der Waals surface area contributed by atoms with Gasteiger partial charge in [0.2, 0.25) is 0 Å². The van der Waals surface area contributed by atoms with Gasteiger partial charge in [-0.25, -0.2) is 10.5 Å². The Hall–Kier alpha value is -7.52. The molecule has 7 aromatic carbocycles. The molecule has 9 rings (SSSR count). The van der Waals surface area contributed by atoms with Gasteiger partial charge in [0.25, 0.3) is 0 Å². The predicted molar refractivity (Wildman–Crippen MR) is 262 cm³/mol. The monoisotopic (exact) mass is 1070 g/mol. The largest absolute Gasteiger partial charge is 0.339 e. The quantitative estimate of drug-likeness (QED) is 0.0345. The van der Waals surface area contributed by atoms with Crippen LogP contribution in [0.5, 0.6) is 11.5 Å². The van der Waals surface area contributed by atoms with Gasteiger partial charge in [0.1, 0.15) is 11.0 Å². The Morgan fingerprint density at radius 1 is 0.314 bits per heavy atom. The van der Waals surface area contributed by atoms with Crippen LogP contribution in [0.25, 0.3) is 21.8 Å². The minimum atomic E-state index is -0.139. The van der Waals surface area contributed by atoms with Crippen molar-refractivity contribution >= 4 is 56.5 Å². The van der Waals surface area contributed by atoms with E-state index in [4.69, 9.17) is 10.5 Å². The van der Waals surface area contributed by atoms with Crippen molar-refractivity contribution in [3.63, 3.8) is 0 Å². The third kappa shape index (κ3) is 15.5. The molecule has 0 saturated carbocycles. The van der Waals surface area contributed by atoms with Gasteiger partial charge in [-0.05, 0) is 12.1 Å². The molecule has 2 N–H and O–H groups in total. The Kier molecular flexibility index (Phi) is 21.4. The van der Waals surface area contributed by atoms with Crippen LogP contribution in [0.1, 0.15) is 81.4 Å². The van der Waals surface area contributed by atoms with E-state index in [1.54, 1.807) is 170 Å². The van der Waals surface area contributed by atoms with Crippen LogP contribution in [0.15, 0.2) is 219 Å². The first-order valence-electron chi connectivity index (χ1n) is 21.5. The number of carbonyl (C=O) groups is 6. The molecule has 0 aliphatic heterocycles. The summed E-state index contributed by atoms with van der Waals surface area (Å²) in [5.41, 5.74) is 4.59. The molecule has 0 saturated heterocycles. The molecule has 9 aromatic rings. The molecule has 13 heteroatoms. The number of Topliss-reactive ketones (excluding diaryl/α,β-unsaturated/α-hetero) is 6. The van der Waals surface area contributed by atoms with E-state index < -0.39 is 0 Å². The molecule has 1 radical (unpaired) electrons. The fourth-order valence-electron chi connectivity index (χ4n) is 6.73. The van der Waals surface area contributed by atoms with Crippen LogP contribution in [-0.4, -0.2) is 55.2 Å². The second-order valence-corrected chi connectivity index (χ2v) is 14.9. The minimum Gasteiger partial charge on any atom is -0.339 e. The average Bonchev–Trinajstić information content (AvgIpc) is 3.42. The number of rotatable bonds is 14. The second kappa shape index (κ2) is 28.1. The van der Waals surface area contributed by atoms with E-state index in [0.717, 1.165) is 0 Å². The van der Waals surface area contributed by atoms with E-state index in [-0.39, 0.29) is 103 Å². The number of nitrogens with zero attached hydrogens (tertiary/aromatic N) is 2. The van der Waals surface area contributed by atoms with Gasteiger partial charge >= 0.3 is 0 Å². The van der Waals surface area contributed by atoms with Crippen molar-refractivity contribution in [3.8, 4) is 11.5 Å². The van der Waals surface area contributed by atoms with Gasteiger partial charge < -0.3 is 9.78 Å². The number of hydrogen-bond acceptors (Lipinski definition) is 12. The van der Waals surface area contributed by atoms with Crippen molar-refractivity contribution in [1.82, 2.24) is 9.97 Å². The van der Waals surface area contributed by atoms with Crippen LogP contribution in [0, 0.1) is 49.4 Å². The van der Waals surface area contributed by atoms with Crippen molar-refractivity contribution in [2.24, 2.45) is 0 Å². The Balaban J connectivity index is 0.000000173. The van der Waals surface area contributed by atoms with E-state index >= 15 is 0 Å². The maximum absolute atomic E-state index is 11.8. The zero-order valence-electron chi connectivity index (χ0n) is 37.3. The third-order valence-electron chi connectivity index (χ3n) is 10.3. The van der Waals surface area contributed by atoms with Gasteiger partial charge in [-0.15, -0.1) is 0 Å². The van der Waals surface area contributed by atoms with Crippen LogP contribution < -0.4 is 9.78 Å². The van der Waals surface area contributed by atoms with E-state index in [1.165, 1.54) is 12.4 Å². The van der Waals surface area contributed by atoms with Crippen molar-refractivity contribution in [3.05, 3.63) is 252 Å². The molecule has 0 spiro atoms. The van der Waals surface area contributed by atoms with Crippen molar-refractivity contribution in [2.45, 2.75) is 19.3 Å². The first-order chi connectivity index (χ1) is 33.7. The Morgan fingerprint density at radius 2 is 0.514 bits per heavy atom. The van der Waals surface area contributed by atoms with Crippen LogP contribution >= 0.6 is 0 Å². The van der Waals surface area contributed by atoms with Crippen LogP contribution in [0.4, 0.5) is 0 Å². The molecule has 70 heavy (non-hydrogen) atoms. The smallest absolute Gasteiger partial charge is 0.176 e. The summed E-state index contributed by atoms with van der Waals surface area (Å²) in [6, 6.07) is 59.7. The summed E-state index contributed by atoms with van der Waals surface area (Å²) in [4.78, 5) is 87.8. The Bertz CT molecular complexity index is 2690. The van der Waals surface area contributed by atoms with Gasteiger partial charge in [0.15, 0.2) is 46.2 Å². The van der Waals surface area contributed by atoms with Crippen LogP contribution in [0.3, 0.4) is 0 Å². The summed E-state index contributed by atoms with van der Waals surface area (Å²) < 4.78 is 0. The van der Waals surface area contributed by atoms with Crippen LogP contribution in [0.2, 0.25) is 0 Å². The maximum Gasteiger partial charge on any atom is 0.176 e. The Morgan fingerprint density at radius 3 is 0.700 bits per heavy atom. The summed E-state index contributed by atoms with van der Waals surface area (Å²) in [5.74, 6) is -0.255. The summed E-state index contributed by atoms with van der Waals surface area (Å²) in [6.07, 6.45) is 2.78. The molecule has 0 bridgehead atoms. The molecular weight excluding hydrogens is 1020 g/mol. The number of hydrogen-bond donors (Lipinski definition) is 2. The number of pyridine rings is 2. The van der Waals surface area contributed by atoms with Gasteiger partial charge in [-0.3, -0.25) is 38.7 Å². The summed E-state index contributed by atoms with van der Waals surface area (Å²) >= 11 is 0. The Labute approximate surface area is 444 Å². The zero-order valence-corrected chi connectivity index (χ0v) is 39.8. The first kappa shape index (κ1) is 53.4. The standard InChI is InChI=1S/3C15H12O2.C12H8N2O4.Eu/c3*16-14(12-7-3-1-4-8-12)11-15(17)13-9-5-2-6-10-13;15-17-9-3-5-13-11-7(9)1-2-8-10(18-16)4-6-14-12(8)11;/h3*1-10H,11H2;1-6,15-16H;. The molecule has 0 fully saturated rings. The van der Waals surface area contributed by atoms with Gasteiger partial charge in [-0.2, -0.15) is 0 Å². The third-order valence-corrected chi connectivity index (χ3v) is 10.3. The zero-order chi connectivity index (χ0) is 48.8. The van der Waals surface area contributed by atoms with E-state index in [0.29, 0.717) is 66.7 Å². The first-order valence-corrected chi connectivity index (χ1v) is 21.5. The van der Waals surface area contributed by atoms with Crippen molar-refractivity contribution in [2.75, 3.05) is 0 Å².